The number of methoxy groups -OCH3 is 1. The van der Waals surface area contributed by atoms with Crippen LogP contribution in [-0.4, -0.2) is 33.5 Å². The Morgan fingerprint density at radius 3 is 2.74 bits per heavy atom. The van der Waals surface area contributed by atoms with Crippen molar-refractivity contribution in [1.29, 1.82) is 0 Å². The third-order valence-electron chi connectivity index (χ3n) is 2.98. The number of nitrogens with zero attached hydrogens (tertiary/aromatic N) is 1. The van der Waals surface area contributed by atoms with Crippen LogP contribution in [0.2, 0.25) is 0 Å². The monoisotopic (exact) mass is 285 g/mol. The highest BCUT2D eigenvalue weighted by atomic mass is 32.2. The van der Waals surface area contributed by atoms with E-state index in [1.54, 1.807) is 0 Å². The van der Waals surface area contributed by atoms with Crippen molar-refractivity contribution in [2.75, 3.05) is 18.0 Å². The number of benzene rings is 1. The Kier molecular flexibility index (Phi) is 4.06. The van der Waals surface area contributed by atoms with E-state index in [1.807, 2.05) is 0 Å². The van der Waals surface area contributed by atoms with Gasteiger partial charge in [-0.05, 0) is 37.0 Å². The molecule has 1 aliphatic carbocycles. The molecular formula is C12H15NO5S. The Labute approximate surface area is 113 Å². The molecule has 0 radical (unpaired) electrons. The summed E-state index contributed by atoms with van der Waals surface area (Å²) in [6, 6.07) is 4.17. The summed E-state index contributed by atoms with van der Waals surface area (Å²) in [4.78, 5) is 11.5. The number of aromatic hydroxyl groups is 1. The van der Waals surface area contributed by atoms with E-state index in [0.717, 1.165) is 12.8 Å². The first-order chi connectivity index (χ1) is 9.02. The second-order valence-corrected chi connectivity index (χ2v) is 5.33. The number of hydrogen-bond acceptors (Lipinski definition) is 4. The van der Waals surface area contributed by atoms with Crippen molar-refractivity contribution in [1.82, 2.24) is 0 Å². The van der Waals surface area contributed by atoms with Gasteiger partial charge in [0.2, 0.25) is 0 Å². The van der Waals surface area contributed by atoms with Crippen LogP contribution in [0.5, 0.6) is 5.75 Å². The minimum Gasteiger partial charge on any atom is -0.507 e. The van der Waals surface area contributed by atoms with Crippen LogP contribution >= 0.6 is 0 Å². The second-order valence-electron chi connectivity index (χ2n) is 4.43. The van der Waals surface area contributed by atoms with Crippen molar-refractivity contribution in [3.8, 4) is 5.75 Å². The van der Waals surface area contributed by atoms with Crippen molar-refractivity contribution in [2.24, 2.45) is 5.92 Å². The van der Waals surface area contributed by atoms with Crippen LogP contribution in [0.25, 0.3) is 0 Å². The summed E-state index contributed by atoms with van der Waals surface area (Å²) in [7, 11) is 1.21. The average molecular weight is 285 g/mol. The minimum absolute atomic E-state index is 0.0220. The number of hydrogen-bond donors (Lipinski definition) is 2. The van der Waals surface area contributed by atoms with Crippen LogP contribution in [0.15, 0.2) is 18.2 Å². The van der Waals surface area contributed by atoms with Gasteiger partial charge in [0.1, 0.15) is 11.3 Å². The Morgan fingerprint density at radius 2 is 2.21 bits per heavy atom. The zero-order valence-corrected chi connectivity index (χ0v) is 11.2. The van der Waals surface area contributed by atoms with Gasteiger partial charge < -0.3 is 9.84 Å². The minimum atomic E-state index is -2.17. The van der Waals surface area contributed by atoms with Gasteiger partial charge in [0, 0.05) is 6.54 Å². The van der Waals surface area contributed by atoms with Crippen molar-refractivity contribution in [2.45, 2.75) is 12.8 Å². The molecule has 0 bridgehead atoms. The highest BCUT2D eigenvalue weighted by Gasteiger charge is 2.27. The van der Waals surface area contributed by atoms with Gasteiger partial charge in [0.15, 0.2) is 0 Å². The molecule has 0 saturated heterocycles. The van der Waals surface area contributed by atoms with E-state index in [-0.39, 0.29) is 11.3 Å². The number of rotatable bonds is 5. The van der Waals surface area contributed by atoms with E-state index in [1.165, 1.54) is 29.6 Å². The van der Waals surface area contributed by atoms with Gasteiger partial charge in [0.25, 0.3) is 11.3 Å². The van der Waals surface area contributed by atoms with Crippen molar-refractivity contribution in [3.63, 3.8) is 0 Å². The number of ether oxygens (including phenoxy) is 1. The average Bonchev–Trinajstić information content (AvgIpc) is 3.19. The van der Waals surface area contributed by atoms with Crippen LogP contribution in [-0.2, 0) is 16.0 Å². The Hall–Kier alpha value is -1.60. The maximum Gasteiger partial charge on any atom is 0.341 e. The molecule has 0 amide bonds. The topological polar surface area (TPSA) is 87.1 Å². The number of carbonyl (C=O) groups excluding carboxylic acids is 1. The molecule has 1 aromatic carbocycles. The van der Waals surface area contributed by atoms with Gasteiger partial charge in [-0.25, -0.2) is 9.00 Å². The molecule has 6 nitrogen and oxygen atoms in total. The second kappa shape index (κ2) is 5.58. The van der Waals surface area contributed by atoms with Crippen molar-refractivity contribution >= 4 is 22.9 Å². The van der Waals surface area contributed by atoms with Gasteiger partial charge in [0.05, 0.1) is 12.8 Å². The number of phenols is 1. The van der Waals surface area contributed by atoms with Crippen LogP contribution < -0.4 is 4.31 Å². The fraction of sp³-hybridized carbons (Fsp3) is 0.417. The molecule has 1 fully saturated rings. The number of carbonyl (C=O) groups is 1. The predicted octanol–water partition coefficient (Wildman–Crippen LogP) is 1.53. The van der Waals surface area contributed by atoms with Gasteiger partial charge in [-0.15, -0.1) is 0 Å². The van der Waals surface area contributed by atoms with Crippen LogP contribution in [0, 0.1) is 5.92 Å². The maximum atomic E-state index is 11.5. The van der Waals surface area contributed by atoms with Crippen molar-refractivity contribution < 1.29 is 23.4 Å². The van der Waals surface area contributed by atoms with E-state index in [4.69, 9.17) is 0 Å². The summed E-state index contributed by atoms with van der Waals surface area (Å²) >= 11 is -2.17. The smallest absolute Gasteiger partial charge is 0.341 e. The van der Waals surface area contributed by atoms with E-state index < -0.39 is 17.2 Å². The lowest BCUT2D eigenvalue weighted by Crippen LogP contribution is -2.27. The standard InChI is InChI=1S/C12H15NO5S/c1-18-12(15)10-6-9(4-5-11(10)14)13(19(16)17)7-8-2-3-8/h4-6,8,14H,2-3,7H2,1H3,(H,16,17). The normalized spacial score (nSPS) is 15.9. The Balaban J connectivity index is 2.31. The van der Waals surface area contributed by atoms with E-state index in [9.17, 15) is 18.7 Å². The highest BCUT2D eigenvalue weighted by Crippen LogP contribution is 2.33. The van der Waals surface area contributed by atoms with Crippen molar-refractivity contribution in [3.05, 3.63) is 23.8 Å². The van der Waals surface area contributed by atoms with Gasteiger partial charge in [-0.3, -0.25) is 8.86 Å². The summed E-state index contributed by atoms with van der Waals surface area (Å²) in [6.45, 7) is 0.453. The summed E-state index contributed by atoms with van der Waals surface area (Å²) in [5.74, 6) is -0.494. The molecule has 0 aliphatic heterocycles. The first-order valence-electron chi connectivity index (χ1n) is 5.82. The Bertz CT molecular complexity index is 515. The molecule has 0 aromatic heterocycles. The first-order valence-corrected chi connectivity index (χ1v) is 6.89. The van der Waals surface area contributed by atoms with Gasteiger partial charge in [-0.2, -0.15) is 0 Å². The lowest BCUT2D eigenvalue weighted by atomic mass is 10.1. The molecule has 0 spiro atoms. The lowest BCUT2D eigenvalue weighted by Gasteiger charge is -2.20. The molecule has 1 unspecified atom stereocenters. The van der Waals surface area contributed by atoms with Gasteiger partial charge in [-0.1, -0.05) is 0 Å². The third-order valence-corrected chi connectivity index (χ3v) is 3.72. The summed E-state index contributed by atoms with van der Waals surface area (Å²) in [6.07, 6.45) is 2.07. The van der Waals surface area contributed by atoms with Crippen LogP contribution in [0.4, 0.5) is 5.69 Å². The van der Waals surface area contributed by atoms with Crippen LogP contribution in [0.3, 0.4) is 0 Å². The number of phenolic OH excluding ortho intramolecular Hbond substituents is 1. The Morgan fingerprint density at radius 1 is 1.53 bits per heavy atom. The maximum absolute atomic E-state index is 11.5. The van der Waals surface area contributed by atoms with Crippen LogP contribution in [0.1, 0.15) is 23.2 Å². The summed E-state index contributed by atoms with van der Waals surface area (Å²) in [5.41, 5.74) is 0.386. The molecule has 19 heavy (non-hydrogen) atoms. The fourth-order valence-electron chi connectivity index (χ4n) is 1.75. The molecule has 2 rings (SSSR count). The molecule has 1 aliphatic rings. The molecule has 7 heteroatoms. The summed E-state index contributed by atoms with van der Waals surface area (Å²) in [5, 5.41) is 9.59. The zero-order valence-electron chi connectivity index (χ0n) is 10.4. The van der Waals surface area contributed by atoms with Gasteiger partial charge >= 0.3 is 5.97 Å². The largest absolute Gasteiger partial charge is 0.507 e. The van der Waals surface area contributed by atoms with E-state index >= 15 is 0 Å². The lowest BCUT2D eigenvalue weighted by molar-refractivity contribution is 0.0597. The quantitative estimate of drug-likeness (QED) is 0.633. The summed E-state index contributed by atoms with van der Waals surface area (Å²) < 4.78 is 26.5. The predicted molar refractivity (Wildman–Crippen MR) is 70.3 cm³/mol. The molecule has 104 valence electrons. The third kappa shape index (κ3) is 3.24. The SMILES string of the molecule is COC(=O)c1cc(N(CC2CC2)S(=O)O)ccc1O. The first kappa shape index (κ1) is 13.8. The number of esters is 1. The fourth-order valence-corrected chi connectivity index (χ4v) is 2.38. The molecular weight excluding hydrogens is 270 g/mol. The van der Waals surface area contributed by atoms with E-state index in [2.05, 4.69) is 4.74 Å². The zero-order chi connectivity index (χ0) is 14.0. The highest BCUT2D eigenvalue weighted by molar-refractivity contribution is 7.80. The molecule has 2 N–H and O–H groups in total. The molecule has 1 aromatic rings. The molecule has 0 heterocycles. The van der Waals surface area contributed by atoms with E-state index in [0.29, 0.717) is 18.2 Å². The molecule has 1 atom stereocenters. The molecule has 1 saturated carbocycles. The number of anilines is 1.